The molecule has 2 aromatic carbocycles. The molecule has 4 aromatic rings. The molecule has 1 unspecified atom stereocenters. The second kappa shape index (κ2) is 10.2. The van der Waals surface area contributed by atoms with Crippen molar-refractivity contribution in [2.24, 2.45) is 4.99 Å². The molecule has 0 spiro atoms. The van der Waals surface area contributed by atoms with Crippen LogP contribution in [-0.2, 0) is 9.53 Å². The van der Waals surface area contributed by atoms with Gasteiger partial charge in [0.25, 0.3) is 11.2 Å². The maximum absolute atomic E-state index is 13.6. The van der Waals surface area contributed by atoms with Gasteiger partial charge in [-0.05, 0) is 43.7 Å². The van der Waals surface area contributed by atoms with Crippen molar-refractivity contribution in [3.05, 3.63) is 118 Å². The fourth-order valence-corrected chi connectivity index (χ4v) is 5.48. The lowest BCUT2D eigenvalue weighted by atomic mass is 9.96. The van der Waals surface area contributed by atoms with E-state index >= 15 is 0 Å². The number of allylic oxidation sites excluding steroid dienone is 1. The van der Waals surface area contributed by atoms with E-state index in [-0.39, 0.29) is 22.9 Å². The van der Waals surface area contributed by atoms with Crippen LogP contribution in [0.25, 0.3) is 17.4 Å². The Bertz CT molecular complexity index is 1780. The molecule has 5 rings (SSSR count). The highest BCUT2D eigenvalue weighted by atomic mass is 35.5. The average Bonchev–Trinajstić information content (AvgIpc) is 3.48. The molecule has 192 valence electrons. The molecule has 0 amide bonds. The van der Waals surface area contributed by atoms with Crippen LogP contribution in [0.15, 0.2) is 86.1 Å². The predicted molar refractivity (Wildman–Crippen MR) is 143 cm³/mol. The summed E-state index contributed by atoms with van der Waals surface area (Å²) < 4.78 is 13.0. The molecule has 0 N–H and O–H groups in total. The largest absolute Gasteiger partial charge is 0.463 e. The molecule has 1 atom stereocenters. The second-order valence-corrected chi connectivity index (χ2v) is 9.75. The first-order valence-corrected chi connectivity index (χ1v) is 12.8. The quantitative estimate of drug-likeness (QED) is 0.197. The molecule has 0 aliphatic carbocycles. The topological polar surface area (TPSA) is 117 Å². The Kier molecular flexibility index (Phi) is 6.83. The Balaban J connectivity index is 1.61. The molecule has 0 saturated carbocycles. The number of benzene rings is 2. The number of hydrogen-bond donors (Lipinski definition) is 0. The molecule has 0 radical (unpaired) electrons. The summed E-state index contributed by atoms with van der Waals surface area (Å²) in [5.41, 5.74) is 1.44. The number of rotatable bonds is 6. The number of halogens is 1. The lowest BCUT2D eigenvalue weighted by Gasteiger charge is -2.24. The maximum atomic E-state index is 13.6. The van der Waals surface area contributed by atoms with Gasteiger partial charge >= 0.3 is 5.97 Å². The summed E-state index contributed by atoms with van der Waals surface area (Å²) in [6.45, 7) is 3.64. The number of carbonyl (C=O) groups is 1. The normalized spacial score (nSPS) is 15.2. The highest BCUT2D eigenvalue weighted by Gasteiger charge is 2.33. The van der Waals surface area contributed by atoms with Gasteiger partial charge in [-0.25, -0.2) is 9.79 Å². The van der Waals surface area contributed by atoms with Crippen molar-refractivity contribution in [2.75, 3.05) is 6.61 Å². The fourth-order valence-electron chi connectivity index (χ4n) is 4.26. The van der Waals surface area contributed by atoms with E-state index in [0.29, 0.717) is 37.7 Å². The number of thiazole rings is 1. The van der Waals surface area contributed by atoms with E-state index in [9.17, 15) is 19.7 Å². The number of aromatic nitrogens is 1. The molecule has 38 heavy (non-hydrogen) atoms. The van der Waals surface area contributed by atoms with Crippen LogP contribution in [0.2, 0.25) is 5.02 Å². The van der Waals surface area contributed by atoms with Crippen molar-refractivity contribution < 1.29 is 18.9 Å². The SMILES string of the molecule is CCOC(=O)C1=C(C)N=c2s/c(=C\c3ccc(-c4ccc(Cl)c([N+](=O)[O-])c4)o3)c(=O)n2C1c1ccccc1. The van der Waals surface area contributed by atoms with Crippen molar-refractivity contribution in [3.8, 4) is 11.3 Å². The number of fused-ring (bicyclic) bond motifs is 1. The minimum absolute atomic E-state index is 0.0251. The van der Waals surface area contributed by atoms with E-state index in [1.54, 1.807) is 38.1 Å². The monoisotopic (exact) mass is 549 g/mol. The third-order valence-corrected chi connectivity index (χ3v) is 7.26. The molecular formula is C27H20ClN3O6S. The van der Waals surface area contributed by atoms with Gasteiger partial charge in [-0.3, -0.25) is 19.5 Å². The Hall–Kier alpha value is -4.28. The summed E-state index contributed by atoms with van der Waals surface area (Å²) >= 11 is 7.09. The summed E-state index contributed by atoms with van der Waals surface area (Å²) in [5.74, 6) is 0.233. The average molecular weight is 550 g/mol. The smallest absolute Gasteiger partial charge is 0.338 e. The number of ether oxygens (including phenoxy) is 1. The predicted octanol–water partition coefficient (Wildman–Crippen LogP) is 4.62. The van der Waals surface area contributed by atoms with Crippen LogP contribution in [0.4, 0.5) is 5.69 Å². The van der Waals surface area contributed by atoms with Crippen molar-refractivity contribution in [1.29, 1.82) is 0 Å². The number of nitrogens with zero attached hydrogens (tertiary/aromatic N) is 3. The van der Waals surface area contributed by atoms with E-state index in [1.807, 2.05) is 30.3 Å². The summed E-state index contributed by atoms with van der Waals surface area (Å²) in [4.78, 5) is 42.2. The number of nitro groups is 1. The van der Waals surface area contributed by atoms with E-state index in [1.165, 1.54) is 28.0 Å². The second-order valence-electron chi connectivity index (χ2n) is 8.34. The van der Waals surface area contributed by atoms with Gasteiger partial charge in [0.2, 0.25) is 0 Å². The number of hydrogen-bond acceptors (Lipinski definition) is 8. The van der Waals surface area contributed by atoms with Gasteiger partial charge in [0.1, 0.15) is 16.5 Å². The molecule has 0 bridgehead atoms. The van der Waals surface area contributed by atoms with Crippen LogP contribution in [-0.4, -0.2) is 22.1 Å². The van der Waals surface area contributed by atoms with Crippen LogP contribution in [0.3, 0.4) is 0 Å². The zero-order chi connectivity index (χ0) is 27.0. The Morgan fingerprint density at radius 3 is 2.71 bits per heavy atom. The van der Waals surface area contributed by atoms with Gasteiger partial charge in [-0.15, -0.1) is 0 Å². The Morgan fingerprint density at radius 1 is 1.24 bits per heavy atom. The van der Waals surface area contributed by atoms with Crippen LogP contribution in [0.1, 0.15) is 31.2 Å². The van der Waals surface area contributed by atoms with Crippen LogP contribution >= 0.6 is 22.9 Å². The molecule has 0 fully saturated rings. The third kappa shape index (κ3) is 4.59. The third-order valence-electron chi connectivity index (χ3n) is 5.96. The molecule has 11 heteroatoms. The summed E-state index contributed by atoms with van der Waals surface area (Å²) in [6, 6.07) is 16.3. The zero-order valence-electron chi connectivity index (χ0n) is 20.2. The van der Waals surface area contributed by atoms with Gasteiger partial charge in [0.15, 0.2) is 4.80 Å². The molecule has 0 saturated heterocycles. The van der Waals surface area contributed by atoms with Crippen molar-refractivity contribution in [1.82, 2.24) is 4.57 Å². The number of esters is 1. The standard InChI is InChI=1S/C27H20ClN3O6S/c1-3-36-26(33)23-15(2)29-27-30(24(23)16-7-5-4-6-8-16)25(32)22(38-27)14-18-10-12-21(37-18)17-9-11-19(28)20(13-17)31(34)35/h4-14,24H,3H2,1-2H3/b22-14-. The fraction of sp³-hybridized carbons (Fsp3) is 0.148. The Morgan fingerprint density at radius 2 is 2.00 bits per heavy atom. The van der Waals surface area contributed by atoms with Gasteiger partial charge in [-0.2, -0.15) is 0 Å². The zero-order valence-corrected chi connectivity index (χ0v) is 21.8. The lowest BCUT2D eigenvalue weighted by Crippen LogP contribution is -2.39. The molecule has 9 nitrogen and oxygen atoms in total. The van der Waals surface area contributed by atoms with Gasteiger partial charge in [0, 0.05) is 17.7 Å². The molecule has 1 aliphatic rings. The van der Waals surface area contributed by atoms with E-state index in [0.717, 1.165) is 5.56 Å². The lowest BCUT2D eigenvalue weighted by molar-refractivity contribution is -0.384. The van der Waals surface area contributed by atoms with Gasteiger partial charge in [-0.1, -0.05) is 53.3 Å². The minimum atomic E-state index is -0.699. The molecule has 2 aromatic heterocycles. The number of furan rings is 1. The van der Waals surface area contributed by atoms with Crippen LogP contribution in [0.5, 0.6) is 0 Å². The highest BCUT2D eigenvalue weighted by Crippen LogP contribution is 2.32. The number of nitro benzene ring substituents is 1. The summed E-state index contributed by atoms with van der Waals surface area (Å²) in [6.07, 6.45) is 1.59. The van der Waals surface area contributed by atoms with Crippen molar-refractivity contribution in [2.45, 2.75) is 19.9 Å². The number of carbonyl (C=O) groups excluding carboxylic acids is 1. The summed E-state index contributed by atoms with van der Waals surface area (Å²) in [7, 11) is 0. The van der Waals surface area contributed by atoms with Gasteiger partial charge in [0.05, 0.1) is 33.4 Å². The highest BCUT2D eigenvalue weighted by molar-refractivity contribution is 7.07. The van der Waals surface area contributed by atoms with E-state index in [2.05, 4.69) is 4.99 Å². The van der Waals surface area contributed by atoms with Crippen molar-refractivity contribution >= 4 is 40.7 Å². The summed E-state index contributed by atoms with van der Waals surface area (Å²) in [5, 5.41) is 11.3. The van der Waals surface area contributed by atoms with E-state index in [4.69, 9.17) is 20.8 Å². The first kappa shape index (κ1) is 25.4. The first-order chi connectivity index (χ1) is 18.3. The molecular weight excluding hydrogens is 530 g/mol. The Labute approximate surface area is 224 Å². The van der Waals surface area contributed by atoms with E-state index < -0.39 is 16.9 Å². The maximum Gasteiger partial charge on any atom is 0.338 e. The molecule has 3 heterocycles. The van der Waals surface area contributed by atoms with Crippen molar-refractivity contribution in [3.63, 3.8) is 0 Å². The minimum Gasteiger partial charge on any atom is -0.463 e. The van der Waals surface area contributed by atoms with Gasteiger partial charge < -0.3 is 9.15 Å². The van der Waals surface area contributed by atoms with Crippen LogP contribution < -0.4 is 14.9 Å². The van der Waals surface area contributed by atoms with Crippen LogP contribution in [0, 0.1) is 10.1 Å². The molecule has 1 aliphatic heterocycles. The first-order valence-electron chi connectivity index (χ1n) is 11.6.